The maximum absolute atomic E-state index is 12.2. The van der Waals surface area contributed by atoms with Crippen LogP contribution in [0.5, 0.6) is 17.2 Å². The summed E-state index contributed by atoms with van der Waals surface area (Å²) in [5.41, 5.74) is 0.592. The van der Waals surface area contributed by atoms with Crippen molar-refractivity contribution >= 4 is 23.2 Å². The molecule has 0 unspecified atom stereocenters. The third-order valence-corrected chi connectivity index (χ3v) is 3.36. The number of halogens is 1. The number of anilines is 1. The first-order valence-corrected chi connectivity index (χ1v) is 7.36. The normalized spacial score (nSPS) is 11.5. The molecule has 122 valence electrons. The summed E-state index contributed by atoms with van der Waals surface area (Å²) in [5, 5.41) is 3.32. The topological polar surface area (TPSA) is 56.8 Å². The van der Waals surface area contributed by atoms with Crippen LogP contribution in [-0.2, 0) is 4.79 Å². The van der Waals surface area contributed by atoms with Crippen LogP contribution in [0.2, 0.25) is 5.02 Å². The van der Waals surface area contributed by atoms with Crippen LogP contribution in [0, 0.1) is 0 Å². The first-order valence-electron chi connectivity index (χ1n) is 6.98. The highest BCUT2D eigenvalue weighted by Gasteiger charge is 2.16. The van der Waals surface area contributed by atoms with Crippen molar-refractivity contribution < 1.29 is 19.0 Å². The van der Waals surface area contributed by atoms with E-state index in [9.17, 15) is 4.79 Å². The third kappa shape index (κ3) is 4.53. The molecule has 0 aromatic heterocycles. The number of amides is 1. The predicted octanol–water partition coefficient (Wildman–Crippen LogP) is 3.76. The fourth-order valence-electron chi connectivity index (χ4n) is 1.96. The Balaban J connectivity index is 2.03. The number of ether oxygens (including phenoxy) is 3. The molecule has 0 spiro atoms. The second kappa shape index (κ2) is 7.74. The van der Waals surface area contributed by atoms with Gasteiger partial charge in [-0.1, -0.05) is 17.7 Å². The zero-order valence-electron chi connectivity index (χ0n) is 13.1. The molecule has 1 atom stereocenters. The molecule has 2 rings (SSSR count). The standard InChI is InChI=1S/C17H18ClNO4/c1-11(23-14-6-4-5-12(18)9-14)17(20)19-13-7-8-15(21-2)16(10-13)22-3/h4-11H,1-3H3,(H,19,20)/t11-/m1/s1. The molecule has 23 heavy (non-hydrogen) atoms. The van der Waals surface area contributed by atoms with Crippen LogP contribution in [0.3, 0.4) is 0 Å². The molecule has 0 saturated carbocycles. The van der Waals surface area contributed by atoms with Crippen LogP contribution in [0.25, 0.3) is 0 Å². The Kier molecular flexibility index (Phi) is 5.71. The SMILES string of the molecule is COc1ccc(NC(=O)[C@@H](C)Oc2cccc(Cl)c2)cc1OC. The number of nitrogens with one attached hydrogen (secondary N) is 1. The molecule has 0 aliphatic heterocycles. The van der Waals surface area contributed by atoms with Gasteiger partial charge in [-0.2, -0.15) is 0 Å². The van der Waals surface area contributed by atoms with E-state index in [0.717, 1.165) is 0 Å². The quantitative estimate of drug-likeness (QED) is 0.873. The maximum Gasteiger partial charge on any atom is 0.265 e. The number of carbonyl (C=O) groups excluding carboxylic acids is 1. The van der Waals surface area contributed by atoms with E-state index in [2.05, 4.69) is 5.32 Å². The van der Waals surface area contributed by atoms with Crippen molar-refractivity contribution in [1.29, 1.82) is 0 Å². The van der Waals surface area contributed by atoms with Crippen molar-refractivity contribution in [2.45, 2.75) is 13.0 Å². The molecule has 0 saturated heterocycles. The lowest BCUT2D eigenvalue weighted by Gasteiger charge is -2.16. The Bertz CT molecular complexity index is 690. The van der Waals surface area contributed by atoms with Gasteiger partial charge in [-0.15, -0.1) is 0 Å². The van der Waals surface area contributed by atoms with Gasteiger partial charge in [-0.05, 0) is 37.3 Å². The Morgan fingerprint density at radius 1 is 1.09 bits per heavy atom. The molecule has 0 aliphatic rings. The van der Waals surface area contributed by atoms with E-state index in [1.54, 1.807) is 56.5 Å². The summed E-state index contributed by atoms with van der Waals surface area (Å²) < 4.78 is 15.9. The molecule has 0 heterocycles. The van der Waals surface area contributed by atoms with Gasteiger partial charge in [0.05, 0.1) is 14.2 Å². The monoisotopic (exact) mass is 335 g/mol. The average molecular weight is 336 g/mol. The van der Waals surface area contributed by atoms with E-state index in [1.165, 1.54) is 7.11 Å². The van der Waals surface area contributed by atoms with Crippen LogP contribution in [0.15, 0.2) is 42.5 Å². The van der Waals surface area contributed by atoms with Crippen LogP contribution in [-0.4, -0.2) is 26.2 Å². The Morgan fingerprint density at radius 3 is 2.48 bits per heavy atom. The minimum Gasteiger partial charge on any atom is -0.493 e. The summed E-state index contributed by atoms with van der Waals surface area (Å²) in [6.07, 6.45) is -0.679. The zero-order chi connectivity index (χ0) is 16.8. The molecule has 0 fully saturated rings. The first-order chi connectivity index (χ1) is 11.0. The fraction of sp³-hybridized carbons (Fsp3) is 0.235. The minimum atomic E-state index is -0.679. The molecule has 1 amide bonds. The Hall–Kier alpha value is -2.40. The summed E-state index contributed by atoms with van der Waals surface area (Å²) in [7, 11) is 3.09. The predicted molar refractivity (Wildman–Crippen MR) is 89.7 cm³/mol. The van der Waals surface area contributed by atoms with Gasteiger partial charge in [-0.25, -0.2) is 0 Å². The van der Waals surface area contributed by atoms with Crippen LogP contribution < -0.4 is 19.5 Å². The van der Waals surface area contributed by atoms with E-state index in [-0.39, 0.29) is 5.91 Å². The summed E-state index contributed by atoms with van der Waals surface area (Å²) in [6, 6.07) is 12.0. The van der Waals surface area contributed by atoms with E-state index in [0.29, 0.717) is 28.0 Å². The van der Waals surface area contributed by atoms with E-state index >= 15 is 0 Å². The van der Waals surface area contributed by atoms with Gasteiger partial charge in [0.1, 0.15) is 5.75 Å². The number of methoxy groups -OCH3 is 2. The van der Waals surface area contributed by atoms with Crippen molar-refractivity contribution in [2.75, 3.05) is 19.5 Å². The zero-order valence-corrected chi connectivity index (χ0v) is 13.9. The van der Waals surface area contributed by atoms with Crippen LogP contribution >= 0.6 is 11.6 Å². The third-order valence-electron chi connectivity index (χ3n) is 3.13. The van der Waals surface area contributed by atoms with E-state index in [1.807, 2.05) is 0 Å². The van der Waals surface area contributed by atoms with E-state index in [4.69, 9.17) is 25.8 Å². The van der Waals surface area contributed by atoms with Gasteiger partial charge >= 0.3 is 0 Å². The second-order valence-corrected chi connectivity index (χ2v) is 5.21. The van der Waals surface area contributed by atoms with Crippen molar-refractivity contribution in [1.82, 2.24) is 0 Å². The lowest BCUT2D eigenvalue weighted by atomic mass is 10.2. The lowest BCUT2D eigenvalue weighted by molar-refractivity contribution is -0.122. The number of hydrogen-bond donors (Lipinski definition) is 1. The summed E-state index contributed by atoms with van der Waals surface area (Å²) >= 11 is 5.89. The largest absolute Gasteiger partial charge is 0.493 e. The number of carbonyl (C=O) groups is 1. The fourth-order valence-corrected chi connectivity index (χ4v) is 2.14. The van der Waals surface area contributed by atoms with Gasteiger partial charge < -0.3 is 19.5 Å². The van der Waals surface area contributed by atoms with E-state index < -0.39 is 6.10 Å². The molecule has 0 bridgehead atoms. The molecular weight excluding hydrogens is 318 g/mol. The molecule has 6 heteroatoms. The Morgan fingerprint density at radius 2 is 1.83 bits per heavy atom. The molecule has 0 aliphatic carbocycles. The lowest BCUT2D eigenvalue weighted by Crippen LogP contribution is -2.30. The second-order valence-electron chi connectivity index (χ2n) is 4.78. The smallest absolute Gasteiger partial charge is 0.265 e. The van der Waals surface area contributed by atoms with Gasteiger partial charge in [0, 0.05) is 16.8 Å². The van der Waals surface area contributed by atoms with Gasteiger partial charge in [0.2, 0.25) is 0 Å². The molecule has 2 aromatic rings. The van der Waals surface area contributed by atoms with Gasteiger partial charge in [0.25, 0.3) is 5.91 Å². The number of benzene rings is 2. The van der Waals surface area contributed by atoms with Gasteiger partial charge in [-0.3, -0.25) is 4.79 Å². The highest BCUT2D eigenvalue weighted by atomic mass is 35.5. The van der Waals surface area contributed by atoms with Crippen molar-refractivity contribution in [3.05, 3.63) is 47.5 Å². The summed E-state index contributed by atoms with van der Waals surface area (Å²) in [6.45, 7) is 1.66. The van der Waals surface area contributed by atoms with Gasteiger partial charge in [0.15, 0.2) is 17.6 Å². The summed E-state index contributed by atoms with van der Waals surface area (Å²) in [4.78, 5) is 12.2. The minimum absolute atomic E-state index is 0.280. The van der Waals surface area contributed by atoms with Crippen LogP contribution in [0.4, 0.5) is 5.69 Å². The molecule has 1 N–H and O–H groups in total. The highest BCUT2D eigenvalue weighted by Crippen LogP contribution is 2.29. The molecule has 0 radical (unpaired) electrons. The van der Waals surface area contributed by atoms with Crippen LogP contribution in [0.1, 0.15) is 6.92 Å². The van der Waals surface area contributed by atoms with Crippen molar-refractivity contribution in [3.63, 3.8) is 0 Å². The molecule has 2 aromatic carbocycles. The molecule has 5 nitrogen and oxygen atoms in total. The maximum atomic E-state index is 12.2. The summed E-state index contributed by atoms with van der Waals surface area (Å²) in [5.74, 6) is 1.38. The van der Waals surface area contributed by atoms with Crippen molar-refractivity contribution in [2.24, 2.45) is 0 Å². The number of hydrogen-bond acceptors (Lipinski definition) is 4. The van der Waals surface area contributed by atoms with Crippen molar-refractivity contribution in [3.8, 4) is 17.2 Å². The first kappa shape index (κ1) is 17.0. The molecular formula is C17H18ClNO4. The Labute approximate surface area is 140 Å². The number of rotatable bonds is 6. The highest BCUT2D eigenvalue weighted by molar-refractivity contribution is 6.30. The average Bonchev–Trinajstić information content (AvgIpc) is 2.54.